The van der Waals surface area contributed by atoms with Gasteiger partial charge in [-0.3, -0.25) is 4.79 Å². The van der Waals surface area contributed by atoms with Crippen LogP contribution < -0.4 is 26.6 Å². The fourth-order valence-electron chi connectivity index (χ4n) is 5.31. The first-order valence-electron chi connectivity index (χ1n) is 17.2. The van der Waals surface area contributed by atoms with Crippen LogP contribution in [0.3, 0.4) is 0 Å². The highest BCUT2D eigenvalue weighted by molar-refractivity contribution is 6.09. The van der Waals surface area contributed by atoms with Gasteiger partial charge in [0.15, 0.2) is 0 Å². The number of hydrogen-bond acceptors (Lipinski definition) is 12. The van der Waals surface area contributed by atoms with Gasteiger partial charge in [0.25, 0.3) is 5.91 Å². The highest BCUT2D eigenvalue weighted by atomic mass is 16.6. The fraction of sp³-hybridized carbons (Fsp3) is 0.486. The van der Waals surface area contributed by atoms with Gasteiger partial charge in [-0.25, -0.2) is 24.4 Å². The van der Waals surface area contributed by atoms with E-state index < -0.39 is 41.0 Å². The van der Waals surface area contributed by atoms with Crippen molar-refractivity contribution in [3.8, 4) is 11.1 Å². The Morgan fingerprint density at radius 3 is 1.90 bits per heavy atom. The Kier molecular flexibility index (Phi) is 12.0. The number of pyridine rings is 1. The number of carbonyl (C=O) groups excluding carboxylic acids is 4. The summed E-state index contributed by atoms with van der Waals surface area (Å²) in [5.41, 5.74) is 5.37. The molecule has 0 radical (unpaired) electrons. The number of nitrogens with one attached hydrogen (secondary N) is 3. The molecule has 0 spiro atoms. The number of benzene rings is 1. The number of nitrogens with zero attached hydrogens (tertiary/aromatic N) is 4. The van der Waals surface area contributed by atoms with Gasteiger partial charge in [-0.2, -0.15) is 9.88 Å². The lowest BCUT2D eigenvalue weighted by atomic mass is 9.90. The standard InChI is InChI=1S/C37H50N8O7/c1-35(2,3)50-32(47)43-27-13-11-10-12-26(27)42-31-40-21-25(29(38)46)30(44-31)41-24-16-14-22(15-17-24)23-18-19-39-28(20-23)45(33(48)51-36(4,5)6)34(49)52-37(7,8)9/h14-21,26-27H,10-13H2,1-9H3,(H2,38,46)(H,43,47)(H2,40,41,42,44)/t26-,27+/m1/s1. The Balaban J connectivity index is 1.55. The van der Waals surface area contributed by atoms with Crippen LogP contribution in [0.25, 0.3) is 11.1 Å². The second kappa shape index (κ2) is 15.8. The summed E-state index contributed by atoms with van der Waals surface area (Å²) in [5, 5.41) is 9.44. The molecule has 280 valence electrons. The largest absolute Gasteiger partial charge is 0.444 e. The second-order valence-electron chi connectivity index (χ2n) is 15.5. The van der Waals surface area contributed by atoms with Crippen molar-refractivity contribution in [2.45, 2.75) is 117 Å². The average molecular weight is 719 g/mol. The number of carbonyl (C=O) groups is 4. The van der Waals surface area contributed by atoms with Gasteiger partial charge in [0.2, 0.25) is 5.95 Å². The molecule has 4 rings (SSSR count). The molecule has 5 N–H and O–H groups in total. The summed E-state index contributed by atoms with van der Waals surface area (Å²) >= 11 is 0. The molecule has 1 saturated carbocycles. The zero-order valence-electron chi connectivity index (χ0n) is 31.3. The molecule has 0 unspecified atom stereocenters. The number of anilines is 4. The number of rotatable bonds is 8. The summed E-state index contributed by atoms with van der Waals surface area (Å²) < 4.78 is 16.4. The molecule has 1 aromatic carbocycles. The molecule has 1 aliphatic carbocycles. The number of alkyl carbamates (subject to hydrolysis) is 1. The molecular formula is C37H50N8O7. The van der Waals surface area contributed by atoms with Crippen LogP contribution in [0.2, 0.25) is 0 Å². The first kappa shape index (κ1) is 39.3. The highest BCUT2D eigenvalue weighted by Gasteiger charge is 2.34. The van der Waals surface area contributed by atoms with Crippen LogP contribution >= 0.6 is 0 Å². The van der Waals surface area contributed by atoms with Crippen LogP contribution in [0.5, 0.6) is 0 Å². The van der Waals surface area contributed by atoms with Crippen molar-refractivity contribution in [2.75, 3.05) is 15.5 Å². The molecule has 0 saturated heterocycles. The van der Waals surface area contributed by atoms with Crippen LogP contribution in [0.4, 0.5) is 37.7 Å². The lowest BCUT2D eigenvalue weighted by molar-refractivity contribution is 0.0424. The van der Waals surface area contributed by atoms with Gasteiger partial charge in [-0.05, 0) is 111 Å². The molecular weight excluding hydrogens is 668 g/mol. The zero-order chi connectivity index (χ0) is 38.4. The monoisotopic (exact) mass is 718 g/mol. The third kappa shape index (κ3) is 11.5. The van der Waals surface area contributed by atoms with Crippen molar-refractivity contribution in [1.82, 2.24) is 20.3 Å². The first-order chi connectivity index (χ1) is 24.2. The average Bonchev–Trinajstić information content (AvgIpc) is 3.00. The predicted molar refractivity (Wildman–Crippen MR) is 197 cm³/mol. The number of amides is 4. The van der Waals surface area contributed by atoms with Crippen molar-refractivity contribution < 1.29 is 33.4 Å². The Hall–Kier alpha value is -5.47. The molecule has 1 fully saturated rings. The Labute approximate surface area is 304 Å². The van der Waals surface area contributed by atoms with Crippen molar-refractivity contribution >= 4 is 47.5 Å². The molecule has 0 aliphatic heterocycles. The zero-order valence-corrected chi connectivity index (χ0v) is 31.3. The van der Waals surface area contributed by atoms with E-state index in [4.69, 9.17) is 19.9 Å². The third-order valence-corrected chi connectivity index (χ3v) is 7.44. The molecule has 2 heterocycles. The summed E-state index contributed by atoms with van der Waals surface area (Å²) in [6.45, 7) is 15.6. The minimum absolute atomic E-state index is 0.0248. The maximum absolute atomic E-state index is 13.2. The SMILES string of the molecule is CC(C)(C)OC(=O)N[C@H]1CCCC[C@H]1Nc1ncc(C(N)=O)c(Nc2ccc(-c3ccnc(N(C(=O)OC(C)(C)C)C(=O)OC(C)(C)C)c3)cc2)n1. The van der Waals surface area contributed by atoms with E-state index in [2.05, 4.69) is 30.9 Å². The van der Waals surface area contributed by atoms with E-state index in [9.17, 15) is 19.2 Å². The Morgan fingerprint density at radius 1 is 0.769 bits per heavy atom. The number of hydrogen-bond donors (Lipinski definition) is 4. The fourth-order valence-corrected chi connectivity index (χ4v) is 5.31. The summed E-state index contributed by atoms with van der Waals surface area (Å²) in [7, 11) is 0. The first-order valence-corrected chi connectivity index (χ1v) is 17.2. The quantitative estimate of drug-likeness (QED) is 0.170. The van der Waals surface area contributed by atoms with E-state index in [1.807, 2.05) is 32.9 Å². The second-order valence-corrected chi connectivity index (χ2v) is 15.5. The minimum Gasteiger partial charge on any atom is -0.444 e. The van der Waals surface area contributed by atoms with E-state index in [0.29, 0.717) is 11.3 Å². The summed E-state index contributed by atoms with van der Waals surface area (Å²) in [6.07, 6.45) is 3.94. The lowest BCUT2D eigenvalue weighted by Gasteiger charge is -2.33. The van der Waals surface area contributed by atoms with Crippen molar-refractivity contribution in [3.63, 3.8) is 0 Å². The van der Waals surface area contributed by atoms with Gasteiger partial charge in [0.05, 0.1) is 6.04 Å². The van der Waals surface area contributed by atoms with Crippen LogP contribution in [-0.4, -0.2) is 68.0 Å². The number of imide groups is 1. The van der Waals surface area contributed by atoms with Crippen molar-refractivity contribution in [1.29, 1.82) is 0 Å². The van der Waals surface area contributed by atoms with Crippen LogP contribution in [0.15, 0.2) is 48.8 Å². The molecule has 1 aliphatic rings. The summed E-state index contributed by atoms with van der Waals surface area (Å²) in [4.78, 5) is 65.1. The van der Waals surface area contributed by atoms with Crippen LogP contribution in [0, 0.1) is 0 Å². The molecule has 4 amide bonds. The normalized spacial score (nSPS) is 16.2. The molecule has 15 nitrogen and oxygen atoms in total. The maximum atomic E-state index is 13.2. The van der Waals surface area contributed by atoms with E-state index in [0.717, 1.165) is 36.1 Å². The summed E-state index contributed by atoms with van der Waals surface area (Å²) in [5.74, 6) is -0.230. The molecule has 0 bridgehead atoms. The minimum atomic E-state index is -0.923. The number of primary amides is 1. The van der Waals surface area contributed by atoms with Gasteiger partial charge < -0.3 is 35.9 Å². The van der Waals surface area contributed by atoms with Crippen molar-refractivity contribution in [3.05, 3.63) is 54.4 Å². The maximum Gasteiger partial charge on any atom is 0.425 e. The van der Waals surface area contributed by atoms with E-state index >= 15 is 0 Å². The van der Waals surface area contributed by atoms with Crippen molar-refractivity contribution in [2.24, 2.45) is 5.73 Å². The number of nitrogens with two attached hydrogens (primary N) is 1. The smallest absolute Gasteiger partial charge is 0.425 e. The van der Waals surface area contributed by atoms with Gasteiger partial charge in [-0.1, -0.05) is 25.0 Å². The summed E-state index contributed by atoms with van der Waals surface area (Å²) in [6, 6.07) is 10.1. The van der Waals surface area contributed by atoms with Gasteiger partial charge in [0, 0.05) is 24.1 Å². The number of ether oxygens (including phenoxy) is 3. The Bertz CT molecular complexity index is 1730. The lowest BCUT2D eigenvalue weighted by Crippen LogP contribution is -2.50. The molecule has 2 aromatic heterocycles. The number of aromatic nitrogens is 3. The van der Waals surface area contributed by atoms with Gasteiger partial charge in [-0.15, -0.1) is 0 Å². The predicted octanol–water partition coefficient (Wildman–Crippen LogP) is 7.31. The van der Waals surface area contributed by atoms with Gasteiger partial charge in [0.1, 0.15) is 34.0 Å². The van der Waals surface area contributed by atoms with Gasteiger partial charge >= 0.3 is 18.3 Å². The van der Waals surface area contributed by atoms with Crippen LogP contribution in [0.1, 0.15) is 98.4 Å². The van der Waals surface area contributed by atoms with E-state index in [1.165, 1.54) is 12.4 Å². The Morgan fingerprint density at radius 2 is 1.35 bits per heavy atom. The topological polar surface area (TPSA) is 200 Å². The highest BCUT2D eigenvalue weighted by Crippen LogP contribution is 2.29. The molecule has 2 atom stereocenters. The van der Waals surface area contributed by atoms with E-state index in [-0.39, 0.29) is 35.2 Å². The van der Waals surface area contributed by atoms with Crippen LogP contribution in [-0.2, 0) is 14.2 Å². The molecule has 52 heavy (non-hydrogen) atoms. The third-order valence-electron chi connectivity index (χ3n) is 7.44. The molecule has 3 aromatic rings. The molecule has 15 heteroatoms. The van der Waals surface area contributed by atoms with E-state index in [1.54, 1.807) is 65.8 Å².